The zero-order chi connectivity index (χ0) is 13.2. The lowest BCUT2D eigenvalue weighted by atomic mass is 9.93. The van der Waals surface area contributed by atoms with Gasteiger partial charge in [0.2, 0.25) is 0 Å². The first-order valence-corrected chi connectivity index (χ1v) is 7.49. The van der Waals surface area contributed by atoms with Crippen molar-refractivity contribution in [3.63, 3.8) is 0 Å². The molecule has 0 amide bonds. The summed E-state index contributed by atoms with van der Waals surface area (Å²) < 4.78 is 19.5. The number of aliphatic hydroxyl groups is 1. The second-order valence-corrected chi connectivity index (χ2v) is 6.25. The van der Waals surface area contributed by atoms with Crippen LogP contribution in [0.3, 0.4) is 0 Å². The lowest BCUT2D eigenvalue weighted by Crippen LogP contribution is -2.17. The first kappa shape index (κ1) is 13.0. The summed E-state index contributed by atoms with van der Waals surface area (Å²) in [5.41, 5.74) is 0. The van der Waals surface area contributed by atoms with Crippen LogP contribution in [0.4, 0.5) is 4.39 Å². The maximum atomic E-state index is 13.1. The van der Waals surface area contributed by atoms with Crippen LogP contribution in [0, 0.1) is 11.7 Å². The maximum Gasteiger partial charge on any atom is 0.123 e. The SMILES string of the molecule is OC(CC1CCOCC1)c1cc2cc(F)ccc2s1. The van der Waals surface area contributed by atoms with Gasteiger partial charge in [-0.05, 0) is 54.8 Å². The Kier molecular flexibility index (Phi) is 3.82. The normalized spacial score (nSPS) is 18.8. The predicted molar refractivity (Wildman–Crippen MR) is 74.9 cm³/mol. The number of thiophene rings is 1. The molecule has 0 aliphatic carbocycles. The fraction of sp³-hybridized carbons (Fsp3) is 0.467. The number of rotatable bonds is 3. The topological polar surface area (TPSA) is 29.5 Å². The highest BCUT2D eigenvalue weighted by Gasteiger charge is 2.20. The fourth-order valence-corrected chi connectivity index (χ4v) is 3.66. The van der Waals surface area contributed by atoms with Crippen molar-refractivity contribution in [3.05, 3.63) is 35.0 Å². The van der Waals surface area contributed by atoms with E-state index >= 15 is 0 Å². The summed E-state index contributed by atoms with van der Waals surface area (Å²) in [5, 5.41) is 11.2. The molecule has 2 aromatic rings. The molecule has 0 spiro atoms. The van der Waals surface area contributed by atoms with E-state index in [0.29, 0.717) is 5.92 Å². The minimum absolute atomic E-state index is 0.226. The van der Waals surface area contributed by atoms with Crippen LogP contribution in [-0.4, -0.2) is 18.3 Å². The number of hydrogen-bond acceptors (Lipinski definition) is 3. The highest BCUT2D eigenvalue weighted by atomic mass is 32.1. The molecule has 1 N–H and O–H groups in total. The number of fused-ring (bicyclic) bond motifs is 1. The summed E-state index contributed by atoms with van der Waals surface area (Å²) >= 11 is 1.55. The van der Waals surface area contributed by atoms with Crippen LogP contribution < -0.4 is 0 Å². The van der Waals surface area contributed by atoms with Gasteiger partial charge in [-0.15, -0.1) is 11.3 Å². The molecule has 1 unspecified atom stereocenters. The molecule has 1 aliphatic rings. The predicted octanol–water partition coefficient (Wildman–Crippen LogP) is 3.89. The highest BCUT2D eigenvalue weighted by Crippen LogP contribution is 2.34. The highest BCUT2D eigenvalue weighted by molar-refractivity contribution is 7.19. The maximum absolute atomic E-state index is 13.1. The summed E-state index contributed by atoms with van der Waals surface area (Å²) in [6, 6.07) is 6.68. The van der Waals surface area contributed by atoms with Crippen molar-refractivity contribution in [2.75, 3.05) is 13.2 Å². The molecule has 1 fully saturated rings. The van der Waals surface area contributed by atoms with Gasteiger partial charge in [0.25, 0.3) is 0 Å². The number of ether oxygens (including phenoxy) is 1. The second kappa shape index (κ2) is 5.57. The average molecular weight is 280 g/mol. The molecule has 2 heterocycles. The van der Waals surface area contributed by atoms with Gasteiger partial charge in [-0.3, -0.25) is 0 Å². The summed E-state index contributed by atoms with van der Waals surface area (Å²) in [4.78, 5) is 0.937. The van der Waals surface area contributed by atoms with Gasteiger partial charge < -0.3 is 9.84 Å². The quantitative estimate of drug-likeness (QED) is 0.924. The molecule has 19 heavy (non-hydrogen) atoms. The van der Waals surface area contributed by atoms with E-state index in [1.807, 2.05) is 6.07 Å². The van der Waals surface area contributed by atoms with Gasteiger partial charge in [-0.1, -0.05) is 0 Å². The Hall–Kier alpha value is -0.970. The van der Waals surface area contributed by atoms with Crippen LogP contribution in [0.2, 0.25) is 0 Å². The molecule has 3 rings (SSSR count). The van der Waals surface area contributed by atoms with Crippen molar-refractivity contribution in [3.8, 4) is 0 Å². The largest absolute Gasteiger partial charge is 0.388 e. The van der Waals surface area contributed by atoms with E-state index in [-0.39, 0.29) is 5.82 Å². The molecule has 1 aromatic heterocycles. The molecule has 102 valence electrons. The van der Waals surface area contributed by atoms with Crippen LogP contribution in [0.1, 0.15) is 30.2 Å². The Morgan fingerprint density at radius 3 is 2.89 bits per heavy atom. The molecule has 4 heteroatoms. The van der Waals surface area contributed by atoms with Crippen molar-refractivity contribution >= 4 is 21.4 Å². The lowest BCUT2D eigenvalue weighted by Gasteiger charge is -2.23. The Bertz CT molecular complexity index is 560. The molecular weight excluding hydrogens is 263 g/mol. The van der Waals surface area contributed by atoms with Crippen LogP contribution >= 0.6 is 11.3 Å². The first-order valence-electron chi connectivity index (χ1n) is 6.67. The van der Waals surface area contributed by atoms with E-state index in [9.17, 15) is 9.50 Å². The molecule has 2 nitrogen and oxygen atoms in total. The molecule has 1 atom stereocenters. The third-order valence-electron chi connectivity index (χ3n) is 3.72. The van der Waals surface area contributed by atoms with Gasteiger partial charge >= 0.3 is 0 Å². The second-order valence-electron chi connectivity index (χ2n) is 5.14. The van der Waals surface area contributed by atoms with Crippen molar-refractivity contribution < 1.29 is 14.2 Å². The van der Waals surface area contributed by atoms with E-state index in [1.165, 1.54) is 12.1 Å². The summed E-state index contributed by atoms with van der Waals surface area (Å²) in [5.74, 6) is 0.307. The van der Waals surface area contributed by atoms with Crippen LogP contribution in [0.15, 0.2) is 24.3 Å². The molecule has 1 aromatic carbocycles. The Balaban J connectivity index is 1.75. The van der Waals surface area contributed by atoms with Gasteiger partial charge in [0.15, 0.2) is 0 Å². The van der Waals surface area contributed by atoms with E-state index in [2.05, 4.69) is 0 Å². The standard InChI is InChI=1S/C15H17FO2S/c16-12-1-2-14-11(8-12)9-15(19-14)13(17)7-10-3-5-18-6-4-10/h1-2,8-10,13,17H,3-7H2. The van der Waals surface area contributed by atoms with E-state index in [1.54, 1.807) is 17.4 Å². The van der Waals surface area contributed by atoms with Gasteiger partial charge in [-0.25, -0.2) is 4.39 Å². The first-order chi connectivity index (χ1) is 9.22. The molecule has 1 saturated heterocycles. The van der Waals surface area contributed by atoms with E-state index in [4.69, 9.17) is 4.74 Å². The lowest BCUT2D eigenvalue weighted by molar-refractivity contribution is 0.0442. The number of benzene rings is 1. The fourth-order valence-electron chi connectivity index (χ4n) is 2.61. The van der Waals surface area contributed by atoms with Gasteiger partial charge in [-0.2, -0.15) is 0 Å². The molecule has 0 bridgehead atoms. The minimum atomic E-state index is -0.441. The smallest absolute Gasteiger partial charge is 0.123 e. The molecule has 0 radical (unpaired) electrons. The van der Waals surface area contributed by atoms with Crippen molar-refractivity contribution in [1.29, 1.82) is 0 Å². The number of hydrogen-bond donors (Lipinski definition) is 1. The minimum Gasteiger partial charge on any atom is -0.388 e. The molecule has 0 saturated carbocycles. The zero-order valence-electron chi connectivity index (χ0n) is 10.6. The van der Waals surface area contributed by atoms with Gasteiger partial charge in [0.05, 0.1) is 6.10 Å². The summed E-state index contributed by atoms with van der Waals surface area (Å²) in [6.45, 7) is 1.60. The average Bonchev–Trinajstić information content (AvgIpc) is 2.83. The van der Waals surface area contributed by atoms with Crippen LogP contribution in [-0.2, 0) is 4.74 Å². The van der Waals surface area contributed by atoms with Gasteiger partial charge in [0, 0.05) is 22.8 Å². The number of aliphatic hydroxyl groups excluding tert-OH is 1. The molecule has 1 aliphatic heterocycles. The Morgan fingerprint density at radius 2 is 2.11 bits per heavy atom. The van der Waals surface area contributed by atoms with Crippen molar-refractivity contribution in [1.82, 2.24) is 0 Å². The summed E-state index contributed by atoms with van der Waals surface area (Å²) in [7, 11) is 0. The zero-order valence-corrected chi connectivity index (χ0v) is 11.5. The van der Waals surface area contributed by atoms with E-state index in [0.717, 1.165) is 47.4 Å². The van der Waals surface area contributed by atoms with Gasteiger partial charge in [0.1, 0.15) is 5.82 Å². The molecular formula is C15H17FO2S. The van der Waals surface area contributed by atoms with Crippen molar-refractivity contribution in [2.45, 2.75) is 25.4 Å². The Labute approximate surface area is 115 Å². The third-order valence-corrected chi connectivity index (χ3v) is 4.94. The Morgan fingerprint density at radius 1 is 1.32 bits per heavy atom. The van der Waals surface area contributed by atoms with Crippen molar-refractivity contribution in [2.24, 2.45) is 5.92 Å². The van der Waals surface area contributed by atoms with E-state index < -0.39 is 6.10 Å². The monoisotopic (exact) mass is 280 g/mol. The number of halogens is 1. The van der Waals surface area contributed by atoms with Crippen LogP contribution in [0.25, 0.3) is 10.1 Å². The van der Waals surface area contributed by atoms with Crippen LogP contribution in [0.5, 0.6) is 0 Å². The third kappa shape index (κ3) is 2.96. The summed E-state index contributed by atoms with van der Waals surface area (Å²) in [6.07, 6.45) is 2.38.